The van der Waals surface area contributed by atoms with E-state index in [2.05, 4.69) is 47.3 Å². The summed E-state index contributed by atoms with van der Waals surface area (Å²) in [6.45, 7) is 7.62. The first-order valence-electron chi connectivity index (χ1n) is 10.1. The normalized spacial score (nSPS) is 16.4. The number of benzene rings is 2. The summed E-state index contributed by atoms with van der Waals surface area (Å²) in [5.74, 6) is 0.222. The van der Waals surface area contributed by atoms with E-state index in [0.29, 0.717) is 6.54 Å². The number of halogens is 2. The highest BCUT2D eigenvalue weighted by Crippen LogP contribution is 2.33. The van der Waals surface area contributed by atoms with Gasteiger partial charge in [-0.25, -0.2) is 13.5 Å². The molecule has 5 nitrogen and oxygen atoms in total. The number of rotatable bonds is 4. The molecule has 1 atom stereocenters. The third-order valence-corrected chi connectivity index (χ3v) is 5.38. The summed E-state index contributed by atoms with van der Waals surface area (Å²) >= 11 is 0. The molecular weight excluding hydrogens is 384 g/mol. The Morgan fingerprint density at radius 2 is 1.57 bits per heavy atom. The van der Waals surface area contributed by atoms with Crippen LogP contribution in [0.15, 0.2) is 54.6 Å². The van der Waals surface area contributed by atoms with Crippen LogP contribution >= 0.6 is 0 Å². The molecule has 156 valence electrons. The molecular formula is C23H25F2N5. The van der Waals surface area contributed by atoms with Crippen LogP contribution < -0.4 is 0 Å². The topological polar surface area (TPSA) is 46.8 Å². The molecule has 0 saturated heterocycles. The second-order valence-electron chi connectivity index (χ2n) is 8.55. The zero-order valence-electron chi connectivity index (χ0n) is 17.4. The maximum absolute atomic E-state index is 13.6. The van der Waals surface area contributed by atoms with Gasteiger partial charge < -0.3 is 0 Å². The number of hydrogen-bond acceptors (Lipinski definition) is 4. The van der Waals surface area contributed by atoms with Crippen molar-refractivity contribution in [2.24, 2.45) is 0 Å². The zero-order valence-corrected chi connectivity index (χ0v) is 17.4. The van der Waals surface area contributed by atoms with Gasteiger partial charge in [0.05, 0.1) is 11.6 Å². The van der Waals surface area contributed by atoms with Gasteiger partial charge in [-0.3, -0.25) is 4.90 Å². The Balaban J connectivity index is 1.68. The van der Waals surface area contributed by atoms with Crippen molar-refractivity contribution >= 4 is 5.57 Å². The van der Waals surface area contributed by atoms with Gasteiger partial charge in [-0.1, -0.05) is 30.3 Å². The van der Waals surface area contributed by atoms with Crippen LogP contribution in [0.4, 0.5) is 8.78 Å². The molecule has 0 spiro atoms. The fraction of sp³-hybridized carbons (Fsp3) is 0.348. The van der Waals surface area contributed by atoms with Crippen LogP contribution in [0.1, 0.15) is 50.2 Å². The molecule has 0 amide bonds. The molecule has 0 radical (unpaired) electrons. The molecule has 0 fully saturated rings. The van der Waals surface area contributed by atoms with Crippen molar-refractivity contribution in [2.75, 3.05) is 13.1 Å². The quantitative estimate of drug-likeness (QED) is 0.633. The van der Waals surface area contributed by atoms with Gasteiger partial charge in [0, 0.05) is 13.1 Å². The molecule has 1 aliphatic rings. The van der Waals surface area contributed by atoms with Crippen molar-refractivity contribution in [3.05, 3.63) is 83.2 Å². The van der Waals surface area contributed by atoms with Gasteiger partial charge in [0.15, 0.2) is 5.82 Å². The van der Waals surface area contributed by atoms with Gasteiger partial charge in [-0.05, 0) is 78.6 Å². The summed E-state index contributed by atoms with van der Waals surface area (Å²) in [5.41, 5.74) is 2.88. The molecule has 30 heavy (non-hydrogen) atoms. The van der Waals surface area contributed by atoms with Crippen LogP contribution in [0.3, 0.4) is 0 Å². The third kappa shape index (κ3) is 4.16. The molecule has 2 aromatic carbocycles. The highest BCUT2D eigenvalue weighted by Gasteiger charge is 2.32. The van der Waals surface area contributed by atoms with E-state index in [1.54, 1.807) is 12.1 Å². The van der Waals surface area contributed by atoms with Crippen LogP contribution in [0.25, 0.3) is 5.57 Å². The monoisotopic (exact) mass is 409 g/mol. The van der Waals surface area contributed by atoms with Gasteiger partial charge in [0.2, 0.25) is 0 Å². The zero-order chi connectivity index (χ0) is 21.3. The fourth-order valence-electron chi connectivity index (χ4n) is 3.86. The predicted molar refractivity (Wildman–Crippen MR) is 112 cm³/mol. The Bertz CT molecular complexity index is 1030. The summed E-state index contributed by atoms with van der Waals surface area (Å²) in [7, 11) is 0. The minimum atomic E-state index is -0.290. The molecule has 7 heteroatoms. The molecule has 1 aliphatic heterocycles. The van der Waals surface area contributed by atoms with Crippen LogP contribution in [-0.2, 0) is 5.54 Å². The maximum Gasteiger partial charge on any atom is 0.173 e. The van der Waals surface area contributed by atoms with Gasteiger partial charge in [-0.2, -0.15) is 0 Å². The molecule has 3 aromatic rings. The molecule has 0 N–H and O–H groups in total. The van der Waals surface area contributed by atoms with Crippen molar-refractivity contribution in [3.8, 4) is 0 Å². The fourth-order valence-corrected chi connectivity index (χ4v) is 3.86. The van der Waals surface area contributed by atoms with Crippen LogP contribution in [0.5, 0.6) is 0 Å². The van der Waals surface area contributed by atoms with E-state index >= 15 is 0 Å². The largest absolute Gasteiger partial charge is 0.286 e. The number of hydrogen-bond donors (Lipinski definition) is 0. The first kappa shape index (κ1) is 20.3. The molecule has 0 saturated carbocycles. The lowest BCUT2D eigenvalue weighted by molar-refractivity contribution is 0.220. The lowest BCUT2D eigenvalue weighted by Crippen LogP contribution is -2.37. The maximum atomic E-state index is 13.6. The van der Waals surface area contributed by atoms with E-state index in [0.717, 1.165) is 29.9 Å². The third-order valence-electron chi connectivity index (χ3n) is 5.38. The van der Waals surface area contributed by atoms with E-state index in [9.17, 15) is 8.78 Å². The Morgan fingerprint density at radius 1 is 0.933 bits per heavy atom. The SMILES string of the molecule is CC(C)(C)n1nnnc1[C@@H](c1ccc(F)cc1)N1CC=C(c2ccc(F)cc2)CC1. The van der Waals surface area contributed by atoms with Crippen molar-refractivity contribution in [1.29, 1.82) is 0 Å². The van der Waals surface area contributed by atoms with Gasteiger partial charge >= 0.3 is 0 Å². The smallest absolute Gasteiger partial charge is 0.173 e. The van der Waals surface area contributed by atoms with E-state index in [-0.39, 0.29) is 23.2 Å². The van der Waals surface area contributed by atoms with Crippen LogP contribution in [-0.4, -0.2) is 38.2 Å². The highest BCUT2D eigenvalue weighted by molar-refractivity contribution is 5.66. The molecule has 0 unspecified atom stereocenters. The van der Waals surface area contributed by atoms with Crippen LogP contribution in [0.2, 0.25) is 0 Å². The summed E-state index contributed by atoms with van der Waals surface area (Å²) in [6, 6.07) is 12.9. The first-order chi connectivity index (χ1) is 14.3. The molecule has 1 aromatic heterocycles. The highest BCUT2D eigenvalue weighted by atomic mass is 19.1. The molecule has 0 bridgehead atoms. The molecule has 0 aliphatic carbocycles. The summed E-state index contributed by atoms with van der Waals surface area (Å²) in [6.07, 6.45) is 2.99. The van der Waals surface area contributed by atoms with Gasteiger partial charge in [0.25, 0.3) is 0 Å². The predicted octanol–water partition coefficient (Wildman–Crippen LogP) is 4.59. The Kier molecular flexibility index (Phi) is 5.47. The van der Waals surface area contributed by atoms with E-state index in [1.807, 2.05) is 16.8 Å². The number of nitrogens with zero attached hydrogens (tertiary/aromatic N) is 5. The molecule has 2 heterocycles. The van der Waals surface area contributed by atoms with Crippen LogP contribution in [0, 0.1) is 11.6 Å². The van der Waals surface area contributed by atoms with E-state index in [1.165, 1.54) is 29.8 Å². The number of tetrazole rings is 1. The summed E-state index contributed by atoms with van der Waals surface area (Å²) in [5, 5.41) is 12.5. The second-order valence-corrected chi connectivity index (χ2v) is 8.55. The second kappa shape index (κ2) is 8.07. The summed E-state index contributed by atoms with van der Waals surface area (Å²) < 4.78 is 28.7. The minimum absolute atomic E-state index is 0.203. The van der Waals surface area contributed by atoms with Crippen molar-refractivity contribution < 1.29 is 8.78 Å². The average Bonchev–Trinajstić information content (AvgIpc) is 3.21. The Labute approximate surface area is 175 Å². The molecule has 4 rings (SSSR count). The number of aromatic nitrogens is 4. The lowest BCUT2D eigenvalue weighted by Gasteiger charge is -2.35. The van der Waals surface area contributed by atoms with Crippen molar-refractivity contribution in [3.63, 3.8) is 0 Å². The van der Waals surface area contributed by atoms with E-state index in [4.69, 9.17) is 0 Å². The Morgan fingerprint density at radius 3 is 2.13 bits per heavy atom. The van der Waals surface area contributed by atoms with Gasteiger partial charge in [-0.15, -0.1) is 5.10 Å². The first-order valence-corrected chi connectivity index (χ1v) is 10.1. The standard InChI is InChI=1S/C23H25F2N5/c1-23(2,3)30-22(26-27-28-30)21(18-6-10-20(25)11-7-18)29-14-12-17(13-15-29)16-4-8-19(24)9-5-16/h4-12,21H,13-15H2,1-3H3/t21-/m1/s1. The van der Waals surface area contributed by atoms with Crippen molar-refractivity contribution in [2.45, 2.75) is 38.8 Å². The minimum Gasteiger partial charge on any atom is -0.286 e. The Hall–Kier alpha value is -2.93. The average molecular weight is 409 g/mol. The van der Waals surface area contributed by atoms with Gasteiger partial charge in [0.1, 0.15) is 11.6 Å². The van der Waals surface area contributed by atoms with Crippen molar-refractivity contribution in [1.82, 2.24) is 25.1 Å². The lowest BCUT2D eigenvalue weighted by atomic mass is 9.96. The summed E-state index contributed by atoms with van der Waals surface area (Å²) in [4.78, 5) is 2.29. The van der Waals surface area contributed by atoms with E-state index < -0.39 is 0 Å².